The Bertz CT molecular complexity index is 1020. The average molecular weight is 900 g/mol. The van der Waals surface area contributed by atoms with Crippen LogP contribution >= 0.6 is 0 Å². The highest BCUT2D eigenvalue weighted by Gasteiger charge is 2.17. The fourth-order valence-electron chi connectivity index (χ4n) is 8.36. The summed E-state index contributed by atoms with van der Waals surface area (Å²) in [5.74, 6) is -0.394. The van der Waals surface area contributed by atoms with Crippen LogP contribution in [-0.4, -0.2) is 37.9 Å². The molecule has 5 heteroatoms. The van der Waals surface area contributed by atoms with Gasteiger partial charge in [-0.05, 0) is 77.0 Å². The summed E-state index contributed by atoms with van der Waals surface area (Å²) in [5.41, 5.74) is 0. The molecule has 0 unspecified atom stereocenters. The van der Waals surface area contributed by atoms with Crippen molar-refractivity contribution in [2.75, 3.05) is 19.8 Å². The third-order valence-corrected chi connectivity index (χ3v) is 12.6. The van der Waals surface area contributed by atoms with Crippen molar-refractivity contribution in [3.05, 3.63) is 36.5 Å². The van der Waals surface area contributed by atoms with Crippen molar-refractivity contribution in [3.63, 3.8) is 0 Å². The molecule has 0 aromatic heterocycles. The third kappa shape index (κ3) is 52.7. The maximum atomic E-state index is 12.8. The maximum absolute atomic E-state index is 12.8. The number of allylic oxidation sites excluding steroid dienone is 6. The van der Waals surface area contributed by atoms with Crippen LogP contribution < -0.4 is 0 Å². The van der Waals surface area contributed by atoms with E-state index in [2.05, 4.69) is 57.2 Å². The largest absolute Gasteiger partial charge is 0.462 e. The minimum absolute atomic E-state index is 0.0846. The summed E-state index contributed by atoms with van der Waals surface area (Å²) in [7, 11) is 0. The normalized spacial score (nSPS) is 12.4. The van der Waals surface area contributed by atoms with Gasteiger partial charge in [-0.1, -0.05) is 250 Å². The highest BCUT2D eigenvalue weighted by molar-refractivity contribution is 5.70. The molecule has 1 atom stereocenters. The average Bonchev–Trinajstić information content (AvgIpc) is 3.30. The molecule has 0 bridgehead atoms. The molecule has 0 aromatic carbocycles. The molecule has 0 spiro atoms. The first-order valence-corrected chi connectivity index (χ1v) is 28.5. The van der Waals surface area contributed by atoms with Gasteiger partial charge in [0.25, 0.3) is 0 Å². The highest BCUT2D eigenvalue weighted by Crippen LogP contribution is 2.16. The lowest BCUT2D eigenvalue weighted by Gasteiger charge is -2.18. The number of rotatable bonds is 53. The summed E-state index contributed by atoms with van der Waals surface area (Å²) in [5, 5.41) is 0. The molecule has 5 nitrogen and oxygen atoms in total. The highest BCUT2D eigenvalue weighted by atomic mass is 16.6. The van der Waals surface area contributed by atoms with Crippen LogP contribution in [0, 0.1) is 0 Å². The molecule has 0 aliphatic carbocycles. The lowest BCUT2D eigenvalue weighted by atomic mass is 10.0. The van der Waals surface area contributed by atoms with Gasteiger partial charge in [0.15, 0.2) is 6.10 Å². The first kappa shape index (κ1) is 62.1. The van der Waals surface area contributed by atoms with Crippen molar-refractivity contribution in [2.45, 2.75) is 309 Å². The molecule has 0 aliphatic rings. The summed E-state index contributed by atoms with van der Waals surface area (Å²) in [6.07, 6.45) is 67.3. The van der Waals surface area contributed by atoms with E-state index in [-0.39, 0.29) is 25.2 Å². The van der Waals surface area contributed by atoms with E-state index in [0.29, 0.717) is 19.4 Å². The van der Waals surface area contributed by atoms with Crippen LogP contribution in [-0.2, 0) is 23.8 Å². The monoisotopic (exact) mass is 899 g/mol. The third-order valence-electron chi connectivity index (χ3n) is 12.6. The van der Waals surface area contributed by atoms with Crippen molar-refractivity contribution >= 4 is 11.9 Å². The van der Waals surface area contributed by atoms with Crippen LogP contribution in [0.3, 0.4) is 0 Å². The van der Waals surface area contributed by atoms with Gasteiger partial charge in [-0.25, -0.2) is 0 Å². The van der Waals surface area contributed by atoms with Crippen LogP contribution in [0.4, 0.5) is 0 Å². The van der Waals surface area contributed by atoms with Crippen LogP contribution in [0.2, 0.25) is 0 Å². The van der Waals surface area contributed by atoms with Gasteiger partial charge >= 0.3 is 11.9 Å². The van der Waals surface area contributed by atoms with E-state index in [4.69, 9.17) is 14.2 Å². The lowest BCUT2D eigenvalue weighted by Crippen LogP contribution is -2.30. The van der Waals surface area contributed by atoms with E-state index in [1.807, 2.05) is 0 Å². The predicted molar refractivity (Wildman–Crippen MR) is 279 cm³/mol. The van der Waals surface area contributed by atoms with Gasteiger partial charge in [0, 0.05) is 19.4 Å². The number of unbranched alkanes of at least 4 members (excludes halogenated alkanes) is 36. The second-order valence-electron chi connectivity index (χ2n) is 19.2. The Morgan fingerprint density at radius 1 is 0.344 bits per heavy atom. The molecule has 0 saturated carbocycles. The van der Waals surface area contributed by atoms with Gasteiger partial charge in [0.1, 0.15) is 6.61 Å². The number of esters is 2. The van der Waals surface area contributed by atoms with E-state index in [0.717, 1.165) is 44.9 Å². The molecule has 0 N–H and O–H groups in total. The number of carbonyl (C=O) groups excluding carboxylic acids is 2. The number of hydrogen-bond donors (Lipinski definition) is 0. The minimum atomic E-state index is -0.537. The van der Waals surface area contributed by atoms with Crippen LogP contribution in [0.15, 0.2) is 36.5 Å². The zero-order chi connectivity index (χ0) is 46.3. The Labute approximate surface area is 400 Å². The molecule has 0 fully saturated rings. The van der Waals surface area contributed by atoms with Crippen molar-refractivity contribution in [3.8, 4) is 0 Å². The van der Waals surface area contributed by atoms with Crippen molar-refractivity contribution in [2.24, 2.45) is 0 Å². The number of ether oxygens (including phenoxy) is 3. The quantitative estimate of drug-likeness (QED) is 0.0346. The van der Waals surface area contributed by atoms with Crippen LogP contribution in [0.1, 0.15) is 303 Å². The summed E-state index contributed by atoms with van der Waals surface area (Å²) < 4.78 is 17.5. The molecule has 0 radical (unpaired) electrons. The van der Waals surface area contributed by atoms with Crippen LogP contribution in [0.5, 0.6) is 0 Å². The minimum Gasteiger partial charge on any atom is -0.462 e. The van der Waals surface area contributed by atoms with Gasteiger partial charge in [0.2, 0.25) is 0 Å². The van der Waals surface area contributed by atoms with Gasteiger partial charge in [-0.3, -0.25) is 9.59 Å². The second-order valence-corrected chi connectivity index (χ2v) is 19.2. The number of hydrogen-bond acceptors (Lipinski definition) is 5. The molecule has 0 saturated heterocycles. The van der Waals surface area contributed by atoms with Crippen molar-refractivity contribution in [1.29, 1.82) is 0 Å². The molecule has 0 aromatic rings. The fourth-order valence-corrected chi connectivity index (χ4v) is 8.36. The summed E-state index contributed by atoms with van der Waals surface area (Å²) >= 11 is 0. The molecule has 0 heterocycles. The summed E-state index contributed by atoms with van der Waals surface area (Å²) in [6.45, 7) is 7.84. The topological polar surface area (TPSA) is 61.8 Å². The Morgan fingerprint density at radius 2 is 0.656 bits per heavy atom. The van der Waals surface area contributed by atoms with E-state index in [9.17, 15) is 9.59 Å². The molecule has 64 heavy (non-hydrogen) atoms. The zero-order valence-corrected chi connectivity index (χ0v) is 43.3. The molecule has 376 valence electrons. The second kappa shape index (κ2) is 55.4. The maximum Gasteiger partial charge on any atom is 0.306 e. The zero-order valence-electron chi connectivity index (χ0n) is 43.3. The molecule has 0 aliphatic heterocycles. The number of carbonyl (C=O) groups is 2. The summed E-state index contributed by atoms with van der Waals surface area (Å²) in [6, 6.07) is 0. The van der Waals surface area contributed by atoms with Crippen molar-refractivity contribution in [1.82, 2.24) is 0 Å². The van der Waals surface area contributed by atoms with E-state index >= 15 is 0 Å². The van der Waals surface area contributed by atoms with Gasteiger partial charge in [0.05, 0.1) is 6.61 Å². The molecular weight excluding hydrogens is 789 g/mol. The lowest BCUT2D eigenvalue weighted by molar-refractivity contribution is -0.163. The van der Waals surface area contributed by atoms with Crippen LogP contribution in [0.25, 0.3) is 0 Å². The Morgan fingerprint density at radius 3 is 1.09 bits per heavy atom. The van der Waals surface area contributed by atoms with Crippen molar-refractivity contribution < 1.29 is 23.8 Å². The SMILES string of the molecule is CCCCC/C=C\C/C=C\CCCCCCCCCC(=O)OC[C@@H](COCCCCCCCCCCCCCCCCCC)OC(=O)CCCCCCCCC/C=C\CCCCCC. The van der Waals surface area contributed by atoms with E-state index in [1.54, 1.807) is 0 Å². The van der Waals surface area contributed by atoms with E-state index in [1.165, 1.54) is 225 Å². The molecular formula is C59H110O5. The predicted octanol–water partition coefficient (Wildman–Crippen LogP) is 19.4. The van der Waals surface area contributed by atoms with Gasteiger partial charge in [-0.15, -0.1) is 0 Å². The van der Waals surface area contributed by atoms with Gasteiger partial charge < -0.3 is 14.2 Å². The smallest absolute Gasteiger partial charge is 0.306 e. The first-order chi connectivity index (χ1) is 31.6. The van der Waals surface area contributed by atoms with E-state index < -0.39 is 6.10 Å². The summed E-state index contributed by atoms with van der Waals surface area (Å²) in [4.78, 5) is 25.5. The fraction of sp³-hybridized carbons (Fsp3) is 0.864. The Kier molecular flexibility index (Phi) is 53.8. The first-order valence-electron chi connectivity index (χ1n) is 28.5. The molecule has 0 rings (SSSR count). The molecule has 0 amide bonds. The Hall–Kier alpha value is -1.88. The Balaban J connectivity index is 4.25. The van der Waals surface area contributed by atoms with Gasteiger partial charge in [-0.2, -0.15) is 0 Å². The standard InChI is InChI=1S/C59H110O5/c1-4-7-10-13-16-19-22-25-28-30-32-34-37-40-43-46-49-52-58(60)63-56-57(55-62-54-51-48-45-42-39-36-33-29-26-23-20-17-14-11-8-5-2)64-59(61)53-50-47-44-41-38-35-31-27-24-21-18-15-12-9-6-3/h16,19,21,24-25,28,57H,4-15,17-18,20,22-23,26-27,29-56H2,1-3H3/b19-16-,24-21-,28-25-/t57-/m1/s1.